The number of hydrogen-bond donors (Lipinski definition) is 1. The third-order valence-corrected chi connectivity index (χ3v) is 5.05. The number of thiazole rings is 1. The van der Waals surface area contributed by atoms with Gasteiger partial charge in [-0.3, -0.25) is 4.79 Å². The summed E-state index contributed by atoms with van der Waals surface area (Å²) in [5.41, 5.74) is 4.80. The van der Waals surface area contributed by atoms with Crippen molar-refractivity contribution >= 4 is 22.9 Å². The van der Waals surface area contributed by atoms with Crippen LogP contribution in [0.25, 0.3) is 21.8 Å². The molecule has 0 radical (unpaired) electrons. The van der Waals surface area contributed by atoms with Gasteiger partial charge in [0.1, 0.15) is 5.01 Å². The summed E-state index contributed by atoms with van der Waals surface area (Å²) in [6.45, 7) is 0. The minimum absolute atomic E-state index is 0.0384. The van der Waals surface area contributed by atoms with E-state index < -0.39 is 0 Å². The van der Waals surface area contributed by atoms with E-state index in [1.54, 1.807) is 25.6 Å². The molecule has 2 aromatic carbocycles. The van der Waals surface area contributed by atoms with Gasteiger partial charge in [0.25, 0.3) is 0 Å². The number of rotatable bonds is 4. The molecule has 0 fully saturated rings. The molecule has 3 aromatic rings. The molecule has 1 aromatic heterocycles. The van der Waals surface area contributed by atoms with Crippen LogP contribution < -0.4 is 14.8 Å². The van der Waals surface area contributed by atoms with Crippen LogP contribution in [0.5, 0.6) is 11.5 Å². The maximum absolute atomic E-state index is 11.5. The van der Waals surface area contributed by atoms with Gasteiger partial charge in [-0.15, -0.1) is 11.3 Å². The molecule has 5 nitrogen and oxygen atoms in total. The van der Waals surface area contributed by atoms with Crippen molar-refractivity contribution < 1.29 is 14.3 Å². The first-order valence-electron chi connectivity index (χ1n) is 7.79. The Morgan fingerprint density at radius 2 is 1.84 bits per heavy atom. The summed E-state index contributed by atoms with van der Waals surface area (Å²) >= 11 is 1.57. The van der Waals surface area contributed by atoms with Crippen LogP contribution in [0.2, 0.25) is 0 Å². The summed E-state index contributed by atoms with van der Waals surface area (Å²) in [6, 6.07) is 11.7. The minimum Gasteiger partial charge on any atom is -0.493 e. The monoisotopic (exact) mass is 352 g/mol. The molecule has 0 spiro atoms. The summed E-state index contributed by atoms with van der Waals surface area (Å²) in [5.74, 6) is 1.41. The van der Waals surface area contributed by atoms with Crippen molar-refractivity contribution in [2.45, 2.75) is 6.42 Å². The molecule has 0 saturated heterocycles. The zero-order chi connectivity index (χ0) is 17.4. The lowest BCUT2D eigenvalue weighted by atomic mass is 10.1. The molecule has 0 aliphatic carbocycles. The highest BCUT2D eigenvalue weighted by Crippen LogP contribution is 2.36. The lowest BCUT2D eigenvalue weighted by Crippen LogP contribution is -2.03. The Kier molecular flexibility index (Phi) is 3.89. The molecule has 1 N–H and O–H groups in total. The van der Waals surface area contributed by atoms with Gasteiger partial charge in [0.15, 0.2) is 11.5 Å². The van der Waals surface area contributed by atoms with Gasteiger partial charge in [-0.05, 0) is 35.9 Å². The second-order valence-electron chi connectivity index (χ2n) is 5.70. The standard InChI is InChI=1S/C19H16N2O3S/c1-23-16-6-4-12(8-17(16)24-2)19-21-15(10-25-19)11-3-5-14-13(7-11)9-18(22)20-14/h3-8,10H,9H2,1-2H3,(H,20,22). The van der Waals surface area contributed by atoms with Crippen molar-refractivity contribution in [3.63, 3.8) is 0 Å². The van der Waals surface area contributed by atoms with Crippen molar-refractivity contribution in [3.8, 4) is 33.3 Å². The number of anilines is 1. The Morgan fingerprint density at radius 3 is 2.64 bits per heavy atom. The lowest BCUT2D eigenvalue weighted by molar-refractivity contribution is -0.115. The predicted molar refractivity (Wildman–Crippen MR) is 98.4 cm³/mol. The maximum Gasteiger partial charge on any atom is 0.228 e. The van der Waals surface area contributed by atoms with Gasteiger partial charge in [0.05, 0.1) is 26.3 Å². The summed E-state index contributed by atoms with van der Waals surface area (Å²) in [7, 11) is 3.24. The van der Waals surface area contributed by atoms with Gasteiger partial charge < -0.3 is 14.8 Å². The molecular weight excluding hydrogens is 336 g/mol. The molecule has 126 valence electrons. The Balaban J connectivity index is 1.67. The number of benzene rings is 2. The Bertz CT molecular complexity index is 965. The summed E-state index contributed by atoms with van der Waals surface area (Å²) in [4.78, 5) is 16.2. The van der Waals surface area contributed by atoms with E-state index in [9.17, 15) is 4.79 Å². The summed E-state index contributed by atoms with van der Waals surface area (Å²) in [5, 5.41) is 5.78. The van der Waals surface area contributed by atoms with E-state index in [0.717, 1.165) is 33.1 Å². The summed E-state index contributed by atoms with van der Waals surface area (Å²) in [6.07, 6.45) is 0.426. The molecule has 6 heteroatoms. The first kappa shape index (κ1) is 15.7. The zero-order valence-electron chi connectivity index (χ0n) is 13.8. The number of amides is 1. The fraction of sp³-hybridized carbons (Fsp3) is 0.158. The molecule has 0 unspecified atom stereocenters. The maximum atomic E-state index is 11.5. The molecule has 1 amide bonds. The number of fused-ring (bicyclic) bond motifs is 1. The van der Waals surface area contributed by atoms with Crippen LogP contribution >= 0.6 is 11.3 Å². The second kappa shape index (κ2) is 6.22. The van der Waals surface area contributed by atoms with Gasteiger partial charge in [-0.1, -0.05) is 6.07 Å². The fourth-order valence-corrected chi connectivity index (χ4v) is 3.72. The van der Waals surface area contributed by atoms with Crippen molar-refractivity contribution in [1.82, 2.24) is 4.98 Å². The van der Waals surface area contributed by atoms with E-state index in [-0.39, 0.29) is 5.91 Å². The fourth-order valence-electron chi connectivity index (χ4n) is 2.90. The van der Waals surface area contributed by atoms with Crippen LogP contribution in [-0.4, -0.2) is 25.1 Å². The van der Waals surface area contributed by atoms with Crippen LogP contribution in [0.3, 0.4) is 0 Å². The molecular formula is C19H16N2O3S. The number of methoxy groups -OCH3 is 2. The summed E-state index contributed by atoms with van der Waals surface area (Å²) < 4.78 is 10.6. The van der Waals surface area contributed by atoms with E-state index >= 15 is 0 Å². The Morgan fingerprint density at radius 1 is 1.04 bits per heavy atom. The van der Waals surface area contributed by atoms with Crippen molar-refractivity contribution in [3.05, 3.63) is 47.3 Å². The van der Waals surface area contributed by atoms with Gasteiger partial charge >= 0.3 is 0 Å². The quantitative estimate of drug-likeness (QED) is 0.771. The highest BCUT2D eigenvalue weighted by molar-refractivity contribution is 7.13. The smallest absolute Gasteiger partial charge is 0.228 e. The molecule has 1 aliphatic heterocycles. The Hall–Kier alpha value is -2.86. The number of carbonyl (C=O) groups excluding carboxylic acids is 1. The van der Waals surface area contributed by atoms with Crippen LogP contribution in [-0.2, 0) is 11.2 Å². The molecule has 0 bridgehead atoms. The molecule has 2 heterocycles. The van der Waals surface area contributed by atoms with E-state index in [1.165, 1.54) is 0 Å². The van der Waals surface area contributed by atoms with Gasteiger partial charge in [0, 0.05) is 22.2 Å². The average Bonchev–Trinajstić information content (AvgIpc) is 3.26. The number of nitrogens with one attached hydrogen (secondary N) is 1. The SMILES string of the molecule is COc1ccc(-c2nc(-c3ccc4c(c3)CC(=O)N4)cs2)cc1OC. The lowest BCUT2D eigenvalue weighted by Gasteiger charge is -2.08. The van der Waals surface area contributed by atoms with Gasteiger partial charge in [-0.25, -0.2) is 4.98 Å². The predicted octanol–water partition coefficient (Wildman–Crippen LogP) is 3.99. The van der Waals surface area contributed by atoms with E-state index in [4.69, 9.17) is 14.5 Å². The molecule has 25 heavy (non-hydrogen) atoms. The third-order valence-electron chi connectivity index (χ3n) is 4.16. The van der Waals surface area contributed by atoms with E-state index in [1.807, 2.05) is 41.8 Å². The largest absolute Gasteiger partial charge is 0.493 e. The number of hydrogen-bond acceptors (Lipinski definition) is 5. The number of carbonyl (C=O) groups is 1. The molecule has 1 aliphatic rings. The molecule has 0 saturated carbocycles. The number of nitrogens with zero attached hydrogens (tertiary/aromatic N) is 1. The average molecular weight is 352 g/mol. The second-order valence-corrected chi connectivity index (χ2v) is 6.56. The minimum atomic E-state index is 0.0384. The third kappa shape index (κ3) is 2.85. The van der Waals surface area contributed by atoms with E-state index in [0.29, 0.717) is 17.9 Å². The van der Waals surface area contributed by atoms with Crippen molar-refractivity contribution in [1.29, 1.82) is 0 Å². The molecule has 4 rings (SSSR count). The van der Waals surface area contributed by atoms with Crippen molar-refractivity contribution in [2.75, 3.05) is 19.5 Å². The van der Waals surface area contributed by atoms with Gasteiger partial charge in [-0.2, -0.15) is 0 Å². The number of aromatic nitrogens is 1. The topological polar surface area (TPSA) is 60.5 Å². The normalized spacial score (nSPS) is 12.6. The Labute approximate surface area is 149 Å². The zero-order valence-corrected chi connectivity index (χ0v) is 14.6. The van der Waals surface area contributed by atoms with Crippen LogP contribution in [0.4, 0.5) is 5.69 Å². The number of ether oxygens (including phenoxy) is 2. The molecule has 0 atom stereocenters. The van der Waals surface area contributed by atoms with Crippen LogP contribution in [0.15, 0.2) is 41.8 Å². The van der Waals surface area contributed by atoms with E-state index in [2.05, 4.69) is 5.32 Å². The van der Waals surface area contributed by atoms with Crippen molar-refractivity contribution in [2.24, 2.45) is 0 Å². The van der Waals surface area contributed by atoms with Crippen LogP contribution in [0, 0.1) is 0 Å². The first-order valence-corrected chi connectivity index (χ1v) is 8.67. The van der Waals surface area contributed by atoms with Crippen LogP contribution in [0.1, 0.15) is 5.56 Å². The highest BCUT2D eigenvalue weighted by Gasteiger charge is 2.18. The highest BCUT2D eigenvalue weighted by atomic mass is 32.1. The van der Waals surface area contributed by atoms with Gasteiger partial charge in [0.2, 0.25) is 5.91 Å². The first-order chi connectivity index (χ1) is 12.2.